The van der Waals surface area contributed by atoms with Gasteiger partial charge in [-0.2, -0.15) is 5.01 Å². The molecule has 6 nitrogen and oxygen atoms in total. The average Bonchev–Trinajstić information content (AvgIpc) is 3.01. The van der Waals surface area contributed by atoms with E-state index in [1.165, 1.54) is 0 Å². The van der Waals surface area contributed by atoms with Gasteiger partial charge in [-0.3, -0.25) is 5.43 Å². The van der Waals surface area contributed by atoms with Gasteiger partial charge in [0.25, 0.3) is 0 Å². The molecule has 1 aromatic rings. The minimum Gasteiger partial charge on any atom is -0.460 e. The second-order valence-corrected chi connectivity index (χ2v) is 4.86. The maximum absolute atomic E-state index is 11.7. The number of aliphatic hydroxyl groups excluding tert-OH is 1. The molecule has 3 unspecified atom stereocenters. The molecule has 1 fully saturated rings. The zero-order valence-corrected chi connectivity index (χ0v) is 11.2. The van der Waals surface area contributed by atoms with Crippen molar-refractivity contribution in [3.05, 3.63) is 35.9 Å². The zero-order valence-electron chi connectivity index (χ0n) is 11.2. The second kappa shape index (κ2) is 5.22. The summed E-state index contributed by atoms with van der Waals surface area (Å²) in [5.74, 6) is -0.322. The number of nitrogens with one attached hydrogen (secondary N) is 1. The number of carbonyl (C=O) groups is 1. The lowest BCUT2D eigenvalue weighted by Gasteiger charge is -2.23. The highest BCUT2D eigenvalue weighted by Gasteiger charge is 2.46. The standard InChI is InChI=1S/C14H17N3O3/c1-2-20-14(19)12-15-13-11(18)8-10(17(13)16-12)9-6-4-3-5-7-9/h3-7,10-11,13,18H,2,8H2,1H3,(H,15,16). The van der Waals surface area contributed by atoms with Gasteiger partial charge in [0.05, 0.1) is 18.8 Å². The molecule has 1 aromatic carbocycles. The molecule has 20 heavy (non-hydrogen) atoms. The molecule has 2 N–H and O–H groups in total. The number of ether oxygens (including phenoxy) is 1. The van der Waals surface area contributed by atoms with Crippen LogP contribution in [0.3, 0.4) is 0 Å². The summed E-state index contributed by atoms with van der Waals surface area (Å²) in [6.45, 7) is 2.05. The molecule has 1 saturated heterocycles. The van der Waals surface area contributed by atoms with Gasteiger partial charge in [0.1, 0.15) is 6.17 Å². The topological polar surface area (TPSA) is 74.2 Å². The largest absolute Gasteiger partial charge is 0.460 e. The summed E-state index contributed by atoms with van der Waals surface area (Å²) >= 11 is 0. The fourth-order valence-electron chi connectivity index (χ4n) is 2.68. The molecule has 3 atom stereocenters. The van der Waals surface area contributed by atoms with Crippen molar-refractivity contribution in [2.24, 2.45) is 4.99 Å². The van der Waals surface area contributed by atoms with Crippen molar-refractivity contribution in [3.63, 3.8) is 0 Å². The van der Waals surface area contributed by atoms with E-state index in [1.54, 1.807) is 6.92 Å². The van der Waals surface area contributed by atoms with Gasteiger partial charge in [-0.05, 0) is 18.9 Å². The van der Waals surface area contributed by atoms with E-state index < -0.39 is 18.2 Å². The third-order valence-corrected chi connectivity index (χ3v) is 3.58. The number of hydrazine groups is 1. The van der Waals surface area contributed by atoms with Gasteiger partial charge in [0.2, 0.25) is 5.84 Å². The molecule has 0 spiro atoms. The van der Waals surface area contributed by atoms with E-state index in [9.17, 15) is 9.90 Å². The number of rotatable bonds is 3. The number of nitrogens with zero attached hydrogens (tertiary/aromatic N) is 2. The SMILES string of the molecule is CCOC(=O)C1=NC2C(O)CC(c3ccccc3)N2N1. The summed E-state index contributed by atoms with van der Waals surface area (Å²) < 4.78 is 4.93. The van der Waals surface area contributed by atoms with Crippen LogP contribution in [-0.4, -0.2) is 40.8 Å². The monoisotopic (exact) mass is 275 g/mol. The summed E-state index contributed by atoms with van der Waals surface area (Å²) in [7, 11) is 0. The molecule has 0 saturated carbocycles. The van der Waals surface area contributed by atoms with Crippen molar-refractivity contribution < 1.29 is 14.6 Å². The summed E-state index contributed by atoms with van der Waals surface area (Å²) in [5.41, 5.74) is 4.05. The van der Waals surface area contributed by atoms with Crippen molar-refractivity contribution in [3.8, 4) is 0 Å². The van der Waals surface area contributed by atoms with Crippen molar-refractivity contribution in [1.29, 1.82) is 0 Å². The van der Waals surface area contributed by atoms with E-state index in [1.807, 2.05) is 35.3 Å². The van der Waals surface area contributed by atoms with Gasteiger partial charge in [0, 0.05) is 0 Å². The van der Waals surface area contributed by atoms with Crippen molar-refractivity contribution in [2.45, 2.75) is 31.7 Å². The highest BCUT2D eigenvalue weighted by atomic mass is 16.5. The first-order valence-corrected chi connectivity index (χ1v) is 6.73. The number of amidine groups is 1. The first-order valence-electron chi connectivity index (χ1n) is 6.73. The lowest BCUT2D eigenvalue weighted by Crippen LogP contribution is -2.42. The van der Waals surface area contributed by atoms with Gasteiger partial charge in [-0.15, -0.1) is 0 Å². The number of fused-ring (bicyclic) bond motifs is 1. The van der Waals surface area contributed by atoms with E-state index in [0.29, 0.717) is 13.0 Å². The molecular weight excluding hydrogens is 258 g/mol. The highest BCUT2D eigenvalue weighted by Crippen LogP contribution is 2.37. The summed E-state index contributed by atoms with van der Waals surface area (Å²) in [6, 6.07) is 9.86. The molecule has 0 aliphatic carbocycles. The Bertz CT molecular complexity index is 532. The third kappa shape index (κ3) is 2.17. The Morgan fingerprint density at radius 3 is 2.95 bits per heavy atom. The van der Waals surface area contributed by atoms with E-state index in [-0.39, 0.29) is 11.9 Å². The number of benzene rings is 1. The molecule has 2 heterocycles. The van der Waals surface area contributed by atoms with Crippen LogP contribution in [0.15, 0.2) is 35.3 Å². The molecule has 6 heteroatoms. The number of carbonyl (C=O) groups excluding carboxylic acids is 1. The number of hydrogen-bond donors (Lipinski definition) is 2. The quantitative estimate of drug-likeness (QED) is 0.790. The minimum absolute atomic E-state index is 0.00752. The van der Waals surface area contributed by atoms with Crippen LogP contribution in [0.25, 0.3) is 0 Å². The molecular formula is C14H17N3O3. The van der Waals surface area contributed by atoms with Crippen molar-refractivity contribution in [1.82, 2.24) is 10.4 Å². The van der Waals surface area contributed by atoms with E-state index >= 15 is 0 Å². The van der Waals surface area contributed by atoms with Gasteiger partial charge < -0.3 is 9.84 Å². The minimum atomic E-state index is -0.598. The Kier molecular flexibility index (Phi) is 3.42. The normalized spacial score (nSPS) is 28.7. The molecule has 0 bridgehead atoms. The third-order valence-electron chi connectivity index (χ3n) is 3.58. The predicted molar refractivity (Wildman–Crippen MR) is 72.6 cm³/mol. The van der Waals surface area contributed by atoms with Crippen LogP contribution in [0.1, 0.15) is 24.9 Å². The Balaban J connectivity index is 1.80. The fourth-order valence-corrected chi connectivity index (χ4v) is 2.68. The van der Waals surface area contributed by atoms with Crippen LogP contribution in [0.2, 0.25) is 0 Å². The van der Waals surface area contributed by atoms with Crippen molar-refractivity contribution in [2.75, 3.05) is 6.61 Å². The maximum Gasteiger partial charge on any atom is 0.375 e. The van der Waals surface area contributed by atoms with Crippen LogP contribution >= 0.6 is 0 Å². The van der Waals surface area contributed by atoms with Crippen LogP contribution in [0.5, 0.6) is 0 Å². The van der Waals surface area contributed by atoms with Crippen LogP contribution in [0, 0.1) is 0 Å². The molecule has 2 aliphatic heterocycles. The van der Waals surface area contributed by atoms with Gasteiger partial charge in [-0.25, -0.2) is 9.79 Å². The zero-order chi connectivity index (χ0) is 14.1. The molecule has 106 valence electrons. The van der Waals surface area contributed by atoms with Gasteiger partial charge in [0.15, 0.2) is 0 Å². The number of esters is 1. The first kappa shape index (κ1) is 13.1. The molecule has 2 aliphatic rings. The van der Waals surface area contributed by atoms with Crippen LogP contribution in [0.4, 0.5) is 0 Å². The summed E-state index contributed by atoms with van der Waals surface area (Å²) in [4.78, 5) is 15.9. The number of aliphatic imine (C=N–C) groups is 1. The lowest BCUT2D eigenvalue weighted by molar-refractivity contribution is -0.135. The van der Waals surface area contributed by atoms with E-state index in [4.69, 9.17) is 4.74 Å². The molecule has 0 amide bonds. The Hall–Kier alpha value is -1.92. The predicted octanol–water partition coefficient (Wildman–Crippen LogP) is 0.600. The summed E-state index contributed by atoms with van der Waals surface area (Å²) in [6.07, 6.45) is -0.444. The second-order valence-electron chi connectivity index (χ2n) is 4.86. The maximum atomic E-state index is 11.7. The first-order chi connectivity index (χ1) is 9.70. The van der Waals surface area contributed by atoms with Crippen LogP contribution < -0.4 is 5.43 Å². The Morgan fingerprint density at radius 2 is 2.25 bits per heavy atom. The summed E-state index contributed by atoms with van der Waals surface area (Å²) in [5, 5.41) is 11.9. The number of aliphatic hydroxyl groups is 1. The highest BCUT2D eigenvalue weighted by molar-refractivity contribution is 6.35. The van der Waals surface area contributed by atoms with Gasteiger partial charge in [-0.1, -0.05) is 30.3 Å². The van der Waals surface area contributed by atoms with Gasteiger partial charge >= 0.3 is 5.97 Å². The number of hydrogen-bond acceptors (Lipinski definition) is 6. The fraction of sp³-hybridized carbons (Fsp3) is 0.429. The smallest absolute Gasteiger partial charge is 0.375 e. The van der Waals surface area contributed by atoms with E-state index in [0.717, 1.165) is 5.56 Å². The Labute approximate surface area is 117 Å². The molecule has 0 radical (unpaired) electrons. The average molecular weight is 275 g/mol. The van der Waals surface area contributed by atoms with Crippen LogP contribution in [-0.2, 0) is 9.53 Å². The molecule has 0 aromatic heterocycles. The van der Waals surface area contributed by atoms with Crippen molar-refractivity contribution >= 4 is 11.8 Å². The molecule has 3 rings (SSSR count). The lowest BCUT2D eigenvalue weighted by atomic mass is 10.0. The van der Waals surface area contributed by atoms with E-state index in [2.05, 4.69) is 10.4 Å². The Morgan fingerprint density at radius 1 is 1.50 bits per heavy atom.